The summed E-state index contributed by atoms with van der Waals surface area (Å²) in [7, 11) is 0. The van der Waals surface area contributed by atoms with Crippen LogP contribution in [0.15, 0.2) is 24.3 Å². The first-order chi connectivity index (χ1) is 8.54. The fourth-order valence-electron chi connectivity index (χ4n) is 1.89. The van der Waals surface area contributed by atoms with Crippen LogP contribution < -0.4 is 0 Å². The van der Waals surface area contributed by atoms with Crippen molar-refractivity contribution in [3.05, 3.63) is 29.8 Å². The van der Waals surface area contributed by atoms with Crippen LogP contribution in [0.5, 0.6) is 5.75 Å². The molecule has 1 aromatic rings. The minimum absolute atomic E-state index is 0.302. The maximum absolute atomic E-state index is 9.26. The lowest BCUT2D eigenvalue weighted by Crippen LogP contribution is -2.37. The Balaban J connectivity index is 2.63. The van der Waals surface area contributed by atoms with Gasteiger partial charge in [-0.1, -0.05) is 37.7 Å². The van der Waals surface area contributed by atoms with E-state index in [9.17, 15) is 5.11 Å². The Kier molecular flexibility index (Phi) is 6.13. The maximum Gasteiger partial charge on any atom is 0.115 e. The number of hydrogen-bond donors (Lipinski definition) is 1. The largest absolute Gasteiger partial charge is 0.508 e. The molecule has 18 heavy (non-hydrogen) atoms. The van der Waals surface area contributed by atoms with Gasteiger partial charge in [0.2, 0.25) is 0 Å². The molecule has 0 bridgehead atoms. The van der Waals surface area contributed by atoms with Crippen molar-refractivity contribution < 1.29 is 5.11 Å². The minimum Gasteiger partial charge on any atom is -0.508 e. The molecular weight excluding hydrogens is 242 g/mol. The number of aromatic hydroxyl groups is 1. The third-order valence-corrected chi connectivity index (χ3v) is 3.37. The van der Waals surface area contributed by atoms with E-state index in [2.05, 4.69) is 25.7 Å². The number of nitrogens with zero attached hydrogens (tertiary/aromatic N) is 1. The molecule has 0 aliphatic rings. The molecule has 1 rings (SSSR count). The van der Waals surface area contributed by atoms with Gasteiger partial charge < -0.3 is 10.0 Å². The Labute approximate surface area is 116 Å². The molecule has 0 aliphatic heterocycles. The van der Waals surface area contributed by atoms with Gasteiger partial charge in [-0.3, -0.25) is 0 Å². The van der Waals surface area contributed by atoms with E-state index in [1.54, 1.807) is 12.1 Å². The molecule has 1 N–H and O–H groups in total. The Morgan fingerprint density at radius 2 is 1.89 bits per heavy atom. The summed E-state index contributed by atoms with van der Waals surface area (Å²) in [5.74, 6) is 0.302. The quantitative estimate of drug-likeness (QED) is 0.792. The van der Waals surface area contributed by atoms with Crippen LogP contribution in [0, 0.1) is 0 Å². The van der Waals surface area contributed by atoms with Gasteiger partial charge in [0.1, 0.15) is 5.75 Å². The van der Waals surface area contributed by atoms with Gasteiger partial charge in [-0.05, 0) is 38.0 Å². The number of phenols is 1. The van der Waals surface area contributed by atoms with Crippen molar-refractivity contribution in [1.29, 1.82) is 0 Å². The fourth-order valence-corrected chi connectivity index (χ4v) is 2.36. The third kappa shape index (κ3) is 4.65. The van der Waals surface area contributed by atoms with E-state index in [1.807, 2.05) is 12.1 Å². The first-order valence-electron chi connectivity index (χ1n) is 6.62. The first kappa shape index (κ1) is 15.0. The summed E-state index contributed by atoms with van der Waals surface area (Å²) >= 11 is 5.54. The highest BCUT2D eigenvalue weighted by Crippen LogP contribution is 2.13. The second-order valence-corrected chi connectivity index (χ2v) is 5.35. The van der Waals surface area contributed by atoms with E-state index in [1.165, 1.54) is 12.8 Å². The molecule has 0 aliphatic carbocycles. The van der Waals surface area contributed by atoms with Gasteiger partial charge >= 0.3 is 0 Å². The van der Waals surface area contributed by atoms with Crippen molar-refractivity contribution in [1.82, 2.24) is 4.90 Å². The average Bonchev–Trinajstić information content (AvgIpc) is 2.32. The van der Waals surface area contributed by atoms with Crippen molar-refractivity contribution in [3.8, 4) is 5.75 Å². The van der Waals surface area contributed by atoms with E-state index in [-0.39, 0.29) is 0 Å². The molecule has 3 heteroatoms. The lowest BCUT2D eigenvalue weighted by atomic mass is 10.1. The highest BCUT2D eigenvalue weighted by molar-refractivity contribution is 7.80. The van der Waals surface area contributed by atoms with Crippen LogP contribution in [0.1, 0.15) is 39.2 Å². The summed E-state index contributed by atoms with van der Waals surface area (Å²) in [6, 6.07) is 7.73. The predicted octanol–water partition coefficient (Wildman–Crippen LogP) is 3.77. The van der Waals surface area contributed by atoms with Crippen LogP contribution in [-0.2, 0) is 6.42 Å². The van der Waals surface area contributed by atoms with Crippen molar-refractivity contribution >= 4 is 17.2 Å². The SMILES string of the molecule is CCCCN(C(=S)Cc1ccc(O)cc1)C(C)C. The second kappa shape index (κ2) is 7.37. The highest BCUT2D eigenvalue weighted by Gasteiger charge is 2.13. The summed E-state index contributed by atoms with van der Waals surface area (Å²) in [6.07, 6.45) is 3.14. The number of unbranched alkanes of at least 4 members (excludes halogenated alkanes) is 1. The molecule has 0 heterocycles. The summed E-state index contributed by atoms with van der Waals surface area (Å²) in [5.41, 5.74) is 1.15. The Hall–Kier alpha value is -1.09. The standard InChI is InChI=1S/C15H23NOS/c1-4-5-10-16(12(2)3)15(18)11-13-6-8-14(17)9-7-13/h6-9,12,17H,4-5,10-11H2,1-3H3. The van der Waals surface area contributed by atoms with Crippen LogP contribution in [-0.4, -0.2) is 27.6 Å². The number of hydrogen-bond acceptors (Lipinski definition) is 2. The van der Waals surface area contributed by atoms with Crippen molar-refractivity contribution in [3.63, 3.8) is 0 Å². The maximum atomic E-state index is 9.26. The van der Waals surface area contributed by atoms with E-state index in [0.717, 1.165) is 23.5 Å². The molecule has 0 fully saturated rings. The van der Waals surface area contributed by atoms with Crippen molar-refractivity contribution in [2.45, 2.75) is 46.1 Å². The van der Waals surface area contributed by atoms with E-state index in [4.69, 9.17) is 12.2 Å². The number of benzene rings is 1. The molecule has 0 radical (unpaired) electrons. The van der Waals surface area contributed by atoms with Crippen LogP contribution >= 0.6 is 12.2 Å². The topological polar surface area (TPSA) is 23.5 Å². The molecule has 0 amide bonds. The fraction of sp³-hybridized carbons (Fsp3) is 0.533. The van der Waals surface area contributed by atoms with Crippen LogP contribution in [0.3, 0.4) is 0 Å². The normalized spacial score (nSPS) is 10.7. The first-order valence-corrected chi connectivity index (χ1v) is 7.02. The summed E-state index contributed by atoms with van der Waals surface area (Å²) in [5, 5.41) is 9.26. The van der Waals surface area contributed by atoms with Gasteiger partial charge in [-0.2, -0.15) is 0 Å². The minimum atomic E-state index is 0.302. The summed E-state index contributed by atoms with van der Waals surface area (Å²) in [6.45, 7) is 7.59. The molecule has 0 saturated heterocycles. The van der Waals surface area contributed by atoms with Crippen LogP contribution in [0.25, 0.3) is 0 Å². The zero-order valence-electron chi connectivity index (χ0n) is 11.5. The molecule has 0 atom stereocenters. The van der Waals surface area contributed by atoms with Gasteiger partial charge in [0.15, 0.2) is 0 Å². The zero-order valence-corrected chi connectivity index (χ0v) is 12.3. The van der Waals surface area contributed by atoms with Gasteiger partial charge in [-0.15, -0.1) is 0 Å². The lowest BCUT2D eigenvalue weighted by molar-refractivity contribution is 0.344. The Morgan fingerprint density at radius 3 is 2.39 bits per heavy atom. The number of rotatable bonds is 6. The smallest absolute Gasteiger partial charge is 0.115 e. The van der Waals surface area contributed by atoms with Crippen LogP contribution in [0.2, 0.25) is 0 Å². The highest BCUT2D eigenvalue weighted by atomic mass is 32.1. The van der Waals surface area contributed by atoms with Crippen molar-refractivity contribution in [2.24, 2.45) is 0 Å². The Morgan fingerprint density at radius 1 is 1.28 bits per heavy atom. The van der Waals surface area contributed by atoms with Gasteiger partial charge in [0.05, 0.1) is 4.99 Å². The molecule has 1 aromatic carbocycles. The molecule has 2 nitrogen and oxygen atoms in total. The Bertz CT molecular complexity index is 373. The van der Waals surface area contributed by atoms with E-state index >= 15 is 0 Å². The molecule has 0 saturated carbocycles. The zero-order chi connectivity index (χ0) is 13.5. The lowest BCUT2D eigenvalue weighted by Gasteiger charge is -2.29. The molecule has 0 spiro atoms. The van der Waals surface area contributed by atoms with Gasteiger partial charge in [0, 0.05) is 19.0 Å². The number of phenolic OH excluding ortho intramolecular Hbond substituents is 1. The molecular formula is C15H23NOS. The van der Waals surface area contributed by atoms with Crippen molar-refractivity contribution in [2.75, 3.05) is 6.54 Å². The molecule has 0 unspecified atom stereocenters. The predicted molar refractivity (Wildman–Crippen MR) is 81.2 cm³/mol. The monoisotopic (exact) mass is 265 g/mol. The number of thiocarbonyl (C=S) groups is 1. The molecule has 100 valence electrons. The average molecular weight is 265 g/mol. The van der Waals surface area contributed by atoms with E-state index < -0.39 is 0 Å². The van der Waals surface area contributed by atoms with E-state index in [0.29, 0.717) is 11.8 Å². The second-order valence-electron chi connectivity index (χ2n) is 4.88. The summed E-state index contributed by atoms with van der Waals surface area (Å²) in [4.78, 5) is 3.29. The molecule has 0 aromatic heterocycles. The summed E-state index contributed by atoms with van der Waals surface area (Å²) < 4.78 is 0. The van der Waals surface area contributed by atoms with Gasteiger partial charge in [0.25, 0.3) is 0 Å². The van der Waals surface area contributed by atoms with Crippen LogP contribution in [0.4, 0.5) is 0 Å². The third-order valence-electron chi connectivity index (χ3n) is 2.99. The van der Waals surface area contributed by atoms with Gasteiger partial charge in [-0.25, -0.2) is 0 Å².